The average molecular weight is 939 g/mol. The molecule has 0 heterocycles. The van der Waals surface area contributed by atoms with E-state index in [1.807, 2.05) is 79.0 Å². The average Bonchev–Trinajstić information content (AvgIpc) is 3.34. The number of esters is 3. The second-order valence-corrected chi connectivity index (χ2v) is 17.6. The normalized spacial score (nSPS) is 13.2. The molecular weight excluding hydrogens is 841 g/mol. The van der Waals surface area contributed by atoms with Crippen molar-refractivity contribution in [2.24, 2.45) is 0 Å². The minimum atomic E-state index is -0.833. The van der Waals surface area contributed by atoms with Crippen LogP contribution in [0.25, 0.3) is 0 Å². The molecule has 6 heteroatoms. The second-order valence-electron chi connectivity index (χ2n) is 17.6. The largest absolute Gasteiger partial charge is 0.462 e. The molecule has 0 bridgehead atoms. The Hall–Kier alpha value is -4.45. The standard InChI is InChI=1S/C62H98O6/c1-4-7-10-13-16-19-22-25-27-29-31-33-34-37-40-43-46-49-52-55-61(64)67-58-59(57-66-60(63)54-51-48-45-42-39-36-24-21-18-15-12-9-6-3)68-62(65)56-53-50-47-44-41-38-35-32-30-28-26-23-20-17-14-11-8-5-2/h7,10,13,16,19,22,25,27-37,39-40,45,48,59H,4-6,8-9,11-12,14-15,17-18,20-21,23-24,26,38,41-44,46-47,49-58H2,1-3H3/b10-7+,16-13+,22-19+,27-25+,30-28+,31-29+,34-33+,35-32+,39-36+,40-37+,48-45+. The number of hydrogen-bond acceptors (Lipinski definition) is 6. The molecule has 0 N–H and O–H groups in total. The maximum atomic E-state index is 12.8. The number of carbonyl (C=O) groups excluding carboxylic acids is 3. The predicted octanol–water partition coefficient (Wildman–Crippen LogP) is 18.3. The second kappa shape index (κ2) is 55.1. The Bertz CT molecular complexity index is 1500. The fourth-order valence-corrected chi connectivity index (χ4v) is 7.00. The summed E-state index contributed by atoms with van der Waals surface area (Å²) in [5.74, 6) is -1.06. The van der Waals surface area contributed by atoms with Gasteiger partial charge in [0.2, 0.25) is 0 Å². The topological polar surface area (TPSA) is 78.9 Å². The zero-order valence-corrected chi connectivity index (χ0v) is 43.6. The van der Waals surface area contributed by atoms with E-state index < -0.39 is 6.10 Å². The molecule has 0 aromatic heterocycles. The van der Waals surface area contributed by atoms with Gasteiger partial charge in [-0.25, -0.2) is 0 Å². The Kier molecular flexibility index (Phi) is 51.5. The predicted molar refractivity (Wildman–Crippen MR) is 292 cm³/mol. The molecule has 0 saturated carbocycles. The molecule has 0 aliphatic heterocycles. The first-order chi connectivity index (χ1) is 33.5. The highest BCUT2D eigenvalue weighted by Crippen LogP contribution is 2.13. The molecule has 0 amide bonds. The van der Waals surface area contributed by atoms with Gasteiger partial charge in [0.25, 0.3) is 0 Å². The molecule has 0 aliphatic carbocycles. The van der Waals surface area contributed by atoms with Gasteiger partial charge in [-0.1, -0.05) is 251 Å². The molecule has 68 heavy (non-hydrogen) atoms. The monoisotopic (exact) mass is 939 g/mol. The van der Waals surface area contributed by atoms with E-state index in [4.69, 9.17) is 14.2 Å². The van der Waals surface area contributed by atoms with Crippen LogP contribution in [-0.4, -0.2) is 37.2 Å². The van der Waals surface area contributed by atoms with Crippen LogP contribution in [0, 0.1) is 0 Å². The van der Waals surface area contributed by atoms with Gasteiger partial charge in [0.1, 0.15) is 13.2 Å². The lowest BCUT2D eigenvalue weighted by Gasteiger charge is -2.18. The molecule has 0 aromatic carbocycles. The van der Waals surface area contributed by atoms with Gasteiger partial charge in [-0.2, -0.15) is 0 Å². The Morgan fingerprint density at radius 3 is 1.13 bits per heavy atom. The highest BCUT2D eigenvalue weighted by atomic mass is 16.6. The number of carbonyl (C=O) groups is 3. The summed E-state index contributed by atoms with van der Waals surface area (Å²) >= 11 is 0. The zero-order chi connectivity index (χ0) is 49.3. The lowest BCUT2D eigenvalue weighted by atomic mass is 10.1. The van der Waals surface area contributed by atoms with E-state index >= 15 is 0 Å². The number of hydrogen-bond donors (Lipinski definition) is 0. The third kappa shape index (κ3) is 52.5. The summed E-state index contributed by atoms with van der Waals surface area (Å²) in [6.45, 7) is 6.36. The zero-order valence-electron chi connectivity index (χ0n) is 43.6. The Morgan fingerprint density at radius 1 is 0.324 bits per heavy atom. The highest BCUT2D eigenvalue weighted by molar-refractivity contribution is 5.71. The minimum absolute atomic E-state index is 0.130. The van der Waals surface area contributed by atoms with E-state index in [2.05, 4.69) is 75.5 Å². The number of allylic oxidation sites excluding steroid dienone is 22. The first-order valence-corrected chi connectivity index (χ1v) is 27.3. The molecule has 6 nitrogen and oxygen atoms in total. The molecule has 0 aromatic rings. The van der Waals surface area contributed by atoms with E-state index in [9.17, 15) is 14.4 Å². The van der Waals surface area contributed by atoms with Crippen molar-refractivity contribution in [2.45, 2.75) is 226 Å². The van der Waals surface area contributed by atoms with Crippen LogP contribution in [0.2, 0.25) is 0 Å². The first kappa shape index (κ1) is 63.5. The fourth-order valence-electron chi connectivity index (χ4n) is 7.00. The van der Waals surface area contributed by atoms with Gasteiger partial charge < -0.3 is 14.2 Å². The van der Waals surface area contributed by atoms with Gasteiger partial charge in [0.15, 0.2) is 6.10 Å². The maximum absolute atomic E-state index is 12.8. The van der Waals surface area contributed by atoms with E-state index in [1.165, 1.54) is 89.9 Å². The summed E-state index contributed by atoms with van der Waals surface area (Å²) in [6, 6.07) is 0. The van der Waals surface area contributed by atoms with Crippen LogP contribution in [-0.2, 0) is 28.6 Å². The Balaban J connectivity index is 4.59. The lowest BCUT2D eigenvalue weighted by Crippen LogP contribution is -2.30. The molecule has 0 spiro atoms. The van der Waals surface area contributed by atoms with Gasteiger partial charge in [-0.15, -0.1) is 0 Å². The quantitative estimate of drug-likeness (QED) is 0.0199. The van der Waals surface area contributed by atoms with Crippen molar-refractivity contribution in [2.75, 3.05) is 13.2 Å². The number of unbranched alkanes of at least 4 members (excludes halogenated alkanes) is 21. The lowest BCUT2D eigenvalue weighted by molar-refractivity contribution is -0.166. The molecule has 0 rings (SSSR count). The van der Waals surface area contributed by atoms with Crippen molar-refractivity contribution in [3.8, 4) is 0 Å². The van der Waals surface area contributed by atoms with Crippen LogP contribution in [0.1, 0.15) is 220 Å². The SMILES string of the molecule is CC/C=C/C=C/C=C/C=C/C=C/C=C/C=C/CCCCCC(=O)OCC(COC(=O)CC/C=C/C/C=C/CCCCCCCC)OC(=O)CCCCCCC/C=C/C=C/CCCCCCCCC. The Labute approximate surface area is 417 Å². The molecule has 0 fully saturated rings. The molecule has 0 aliphatic rings. The third-order valence-corrected chi connectivity index (χ3v) is 11.1. The van der Waals surface area contributed by atoms with E-state index in [0.717, 1.165) is 77.0 Å². The number of rotatable bonds is 47. The van der Waals surface area contributed by atoms with Gasteiger partial charge in [0, 0.05) is 19.3 Å². The smallest absolute Gasteiger partial charge is 0.306 e. The summed E-state index contributed by atoms with van der Waals surface area (Å²) in [5, 5.41) is 0. The van der Waals surface area contributed by atoms with Crippen molar-refractivity contribution in [1.82, 2.24) is 0 Å². The van der Waals surface area contributed by atoms with Crippen molar-refractivity contribution >= 4 is 17.9 Å². The molecular formula is C62H98O6. The third-order valence-electron chi connectivity index (χ3n) is 11.1. The van der Waals surface area contributed by atoms with Crippen LogP contribution in [0.15, 0.2) is 134 Å². The van der Waals surface area contributed by atoms with Crippen molar-refractivity contribution < 1.29 is 28.6 Å². The van der Waals surface area contributed by atoms with Gasteiger partial charge in [-0.3, -0.25) is 14.4 Å². The van der Waals surface area contributed by atoms with E-state index in [-0.39, 0.29) is 50.4 Å². The fraction of sp³-hybridized carbons (Fsp3) is 0.597. The molecule has 1 unspecified atom stereocenters. The molecule has 1 atom stereocenters. The van der Waals surface area contributed by atoms with Crippen LogP contribution >= 0.6 is 0 Å². The summed E-state index contributed by atoms with van der Waals surface area (Å²) < 4.78 is 16.7. The van der Waals surface area contributed by atoms with Gasteiger partial charge in [0.05, 0.1) is 0 Å². The first-order valence-electron chi connectivity index (χ1n) is 27.3. The summed E-state index contributed by atoms with van der Waals surface area (Å²) in [7, 11) is 0. The minimum Gasteiger partial charge on any atom is -0.462 e. The summed E-state index contributed by atoms with van der Waals surface area (Å²) in [5.41, 5.74) is 0. The van der Waals surface area contributed by atoms with Crippen molar-refractivity contribution in [1.29, 1.82) is 0 Å². The van der Waals surface area contributed by atoms with Gasteiger partial charge in [-0.05, 0) is 83.5 Å². The van der Waals surface area contributed by atoms with E-state index in [1.54, 1.807) is 0 Å². The van der Waals surface area contributed by atoms with Crippen LogP contribution in [0.3, 0.4) is 0 Å². The molecule has 0 saturated heterocycles. The number of ether oxygens (including phenoxy) is 3. The van der Waals surface area contributed by atoms with Gasteiger partial charge >= 0.3 is 17.9 Å². The Morgan fingerprint density at radius 2 is 0.662 bits per heavy atom. The molecule has 0 radical (unpaired) electrons. The van der Waals surface area contributed by atoms with Crippen LogP contribution in [0.4, 0.5) is 0 Å². The van der Waals surface area contributed by atoms with Crippen molar-refractivity contribution in [3.63, 3.8) is 0 Å². The van der Waals surface area contributed by atoms with Crippen LogP contribution in [0.5, 0.6) is 0 Å². The molecule has 382 valence electrons. The van der Waals surface area contributed by atoms with E-state index in [0.29, 0.717) is 12.8 Å². The van der Waals surface area contributed by atoms with Crippen molar-refractivity contribution in [3.05, 3.63) is 134 Å². The highest BCUT2D eigenvalue weighted by Gasteiger charge is 2.19. The summed E-state index contributed by atoms with van der Waals surface area (Å²) in [6.07, 6.45) is 77.3. The maximum Gasteiger partial charge on any atom is 0.306 e. The van der Waals surface area contributed by atoms with Crippen LogP contribution < -0.4 is 0 Å². The summed E-state index contributed by atoms with van der Waals surface area (Å²) in [4.78, 5) is 38.0.